The molecule has 0 unspecified atom stereocenters. The Labute approximate surface area is 125 Å². The number of nitrogens with zero attached hydrogens (tertiary/aromatic N) is 1. The first-order valence-electron chi connectivity index (χ1n) is 6.71. The lowest BCUT2D eigenvalue weighted by molar-refractivity contribution is 0.0946. The number of aromatic nitrogens is 1. The van der Waals surface area contributed by atoms with Crippen LogP contribution in [0.3, 0.4) is 0 Å². The van der Waals surface area contributed by atoms with Crippen LogP contribution >= 0.6 is 0 Å². The fourth-order valence-electron chi connectivity index (χ4n) is 2.18. The molecule has 3 rings (SSSR count). The Bertz CT molecular complexity index is 849. The number of amides is 1. The van der Waals surface area contributed by atoms with Gasteiger partial charge in [-0.05, 0) is 18.2 Å². The van der Waals surface area contributed by atoms with Crippen molar-refractivity contribution in [2.45, 2.75) is 6.54 Å². The van der Waals surface area contributed by atoms with E-state index in [1.807, 2.05) is 0 Å². The van der Waals surface area contributed by atoms with E-state index in [0.717, 1.165) is 0 Å². The zero-order chi connectivity index (χ0) is 15.5. The average molecular weight is 298 g/mol. The summed E-state index contributed by atoms with van der Waals surface area (Å²) in [6.45, 7) is -0.00394. The van der Waals surface area contributed by atoms with E-state index in [4.69, 9.17) is 0 Å². The lowest BCUT2D eigenvalue weighted by atomic mass is 10.1. The van der Waals surface area contributed by atoms with Crippen LogP contribution in [0.25, 0.3) is 10.9 Å². The average Bonchev–Trinajstić information content (AvgIpc) is 2.53. The molecule has 1 N–H and O–H groups in total. The predicted molar refractivity (Wildman–Crippen MR) is 79.3 cm³/mol. The van der Waals surface area contributed by atoms with Crippen LogP contribution in [-0.2, 0) is 6.54 Å². The van der Waals surface area contributed by atoms with Crippen molar-refractivity contribution in [1.29, 1.82) is 0 Å². The molecule has 0 saturated carbocycles. The van der Waals surface area contributed by atoms with Gasteiger partial charge in [-0.25, -0.2) is 8.78 Å². The Kier molecular flexibility index (Phi) is 3.78. The standard InChI is InChI=1S/C17H12F2N2O/c18-14-6-2-1-4-12(14)10-21-17(22)13-8-11-5-3-7-20-16(11)9-15(13)19/h1-9H,10H2,(H,21,22). The van der Waals surface area contributed by atoms with Crippen LogP contribution in [0, 0.1) is 11.6 Å². The van der Waals surface area contributed by atoms with E-state index in [1.165, 1.54) is 18.2 Å². The van der Waals surface area contributed by atoms with Crippen LogP contribution in [0.2, 0.25) is 0 Å². The Balaban J connectivity index is 1.83. The van der Waals surface area contributed by atoms with E-state index in [9.17, 15) is 13.6 Å². The topological polar surface area (TPSA) is 42.0 Å². The Morgan fingerprint density at radius 3 is 2.68 bits per heavy atom. The molecule has 1 heterocycles. The molecule has 0 radical (unpaired) electrons. The summed E-state index contributed by atoms with van der Waals surface area (Å²) in [6.07, 6.45) is 1.56. The number of hydrogen-bond donors (Lipinski definition) is 1. The molecule has 0 aliphatic heterocycles. The molecule has 0 saturated heterocycles. The quantitative estimate of drug-likeness (QED) is 0.805. The summed E-state index contributed by atoms with van der Waals surface area (Å²) in [4.78, 5) is 16.1. The zero-order valence-electron chi connectivity index (χ0n) is 11.5. The lowest BCUT2D eigenvalue weighted by Crippen LogP contribution is -2.24. The van der Waals surface area contributed by atoms with Crippen LogP contribution in [-0.4, -0.2) is 10.9 Å². The van der Waals surface area contributed by atoms with Gasteiger partial charge in [0.2, 0.25) is 0 Å². The number of rotatable bonds is 3. The van der Waals surface area contributed by atoms with Crippen LogP contribution in [0.5, 0.6) is 0 Å². The van der Waals surface area contributed by atoms with E-state index >= 15 is 0 Å². The number of carbonyl (C=O) groups excluding carboxylic acids is 1. The number of pyridine rings is 1. The summed E-state index contributed by atoms with van der Waals surface area (Å²) in [6, 6.07) is 12.2. The highest BCUT2D eigenvalue weighted by atomic mass is 19.1. The number of hydrogen-bond acceptors (Lipinski definition) is 2. The molecule has 1 amide bonds. The van der Waals surface area contributed by atoms with Gasteiger partial charge in [-0.3, -0.25) is 9.78 Å². The van der Waals surface area contributed by atoms with Gasteiger partial charge < -0.3 is 5.32 Å². The van der Waals surface area contributed by atoms with Crippen molar-refractivity contribution in [2.75, 3.05) is 0 Å². The first-order chi connectivity index (χ1) is 10.6. The summed E-state index contributed by atoms with van der Waals surface area (Å²) in [5.74, 6) is -1.66. The van der Waals surface area contributed by atoms with Crippen molar-refractivity contribution < 1.29 is 13.6 Å². The van der Waals surface area contributed by atoms with Crippen molar-refractivity contribution in [3.8, 4) is 0 Å². The fourth-order valence-corrected chi connectivity index (χ4v) is 2.18. The van der Waals surface area contributed by atoms with Gasteiger partial charge in [0.1, 0.15) is 11.6 Å². The maximum absolute atomic E-state index is 14.0. The molecule has 3 nitrogen and oxygen atoms in total. The molecule has 110 valence electrons. The van der Waals surface area contributed by atoms with Gasteiger partial charge in [-0.15, -0.1) is 0 Å². The highest BCUT2D eigenvalue weighted by molar-refractivity contribution is 5.98. The molecule has 0 aliphatic carbocycles. The molecule has 0 bridgehead atoms. The van der Waals surface area contributed by atoms with Crippen LogP contribution in [0.15, 0.2) is 54.7 Å². The molecular weight excluding hydrogens is 286 g/mol. The molecule has 22 heavy (non-hydrogen) atoms. The van der Waals surface area contributed by atoms with Gasteiger partial charge >= 0.3 is 0 Å². The molecule has 0 aliphatic rings. The maximum Gasteiger partial charge on any atom is 0.254 e. The van der Waals surface area contributed by atoms with Crippen molar-refractivity contribution in [2.24, 2.45) is 0 Å². The number of nitrogens with one attached hydrogen (secondary N) is 1. The van der Waals surface area contributed by atoms with Crippen LogP contribution < -0.4 is 5.32 Å². The third-order valence-corrected chi connectivity index (χ3v) is 3.33. The lowest BCUT2D eigenvalue weighted by Gasteiger charge is -2.08. The number of benzene rings is 2. The second kappa shape index (κ2) is 5.89. The van der Waals surface area contributed by atoms with E-state index in [-0.39, 0.29) is 12.1 Å². The van der Waals surface area contributed by atoms with Crippen LogP contribution in [0.4, 0.5) is 8.78 Å². The molecular formula is C17H12F2N2O. The first kappa shape index (κ1) is 14.1. The summed E-state index contributed by atoms with van der Waals surface area (Å²) < 4.78 is 27.5. The minimum absolute atomic E-state index is 0.00394. The molecule has 1 aromatic heterocycles. The van der Waals surface area contributed by atoms with Crippen molar-refractivity contribution in [1.82, 2.24) is 10.3 Å². The van der Waals surface area contributed by atoms with E-state index in [0.29, 0.717) is 16.5 Å². The third kappa shape index (κ3) is 2.79. The van der Waals surface area contributed by atoms with E-state index in [1.54, 1.807) is 36.5 Å². The maximum atomic E-state index is 14.0. The molecule has 0 spiro atoms. The van der Waals surface area contributed by atoms with Crippen LogP contribution in [0.1, 0.15) is 15.9 Å². The molecule has 3 aromatic rings. The monoisotopic (exact) mass is 298 g/mol. The predicted octanol–water partition coefficient (Wildman–Crippen LogP) is 3.44. The second-order valence-corrected chi connectivity index (χ2v) is 4.80. The van der Waals surface area contributed by atoms with Gasteiger partial charge in [-0.1, -0.05) is 24.3 Å². The molecule has 0 fully saturated rings. The SMILES string of the molecule is O=C(NCc1ccccc1F)c1cc2cccnc2cc1F. The summed E-state index contributed by atoms with van der Waals surface area (Å²) in [7, 11) is 0. The van der Waals surface area contributed by atoms with Crippen molar-refractivity contribution >= 4 is 16.8 Å². The Hall–Kier alpha value is -2.82. The largest absolute Gasteiger partial charge is 0.348 e. The zero-order valence-corrected chi connectivity index (χ0v) is 11.5. The highest BCUT2D eigenvalue weighted by Crippen LogP contribution is 2.17. The summed E-state index contributed by atoms with van der Waals surface area (Å²) >= 11 is 0. The smallest absolute Gasteiger partial charge is 0.254 e. The highest BCUT2D eigenvalue weighted by Gasteiger charge is 2.13. The fraction of sp³-hybridized carbons (Fsp3) is 0.0588. The Morgan fingerprint density at radius 1 is 1.05 bits per heavy atom. The molecule has 0 atom stereocenters. The van der Waals surface area contributed by atoms with E-state index in [2.05, 4.69) is 10.3 Å². The van der Waals surface area contributed by atoms with Gasteiger partial charge in [0.05, 0.1) is 11.1 Å². The molecule has 2 aromatic carbocycles. The Morgan fingerprint density at radius 2 is 1.86 bits per heavy atom. The third-order valence-electron chi connectivity index (χ3n) is 3.33. The van der Waals surface area contributed by atoms with Crippen molar-refractivity contribution in [3.05, 3.63) is 77.5 Å². The number of fused-ring (bicyclic) bond motifs is 1. The minimum atomic E-state index is -0.655. The van der Waals surface area contributed by atoms with Gasteiger partial charge in [0, 0.05) is 29.8 Å². The van der Waals surface area contributed by atoms with Gasteiger partial charge in [-0.2, -0.15) is 0 Å². The number of carbonyl (C=O) groups is 1. The van der Waals surface area contributed by atoms with Gasteiger partial charge in [0.25, 0.3) is 5.91 Å². The summed E-state index contributed by atoms with van der Waals surface area (Å²) in [5.41, 5.74) is 0.737. The number of halogens is 2. The first-order valence-corrected chi connectivity index (χ1v) is 6.71. The normalized spacial score (nSPS) is 10.6. The minimum Gasteiger partial charge on any atom is -0.348 e. The van der Waals surface area contributed by atoms with E-state index < -0.39 is 17.5 Å². The van der Waals surface area contributed by atoms with Gasteiger partial charge in [0.15, 0.2) is 0 Å². The summed E-state index contributed by atoms with van der Waals surface area (Å²) in [5, 5.41) is 3.19. The van der Waals surface area contributed by atoms with Crippen molar-refractivity contribution in [3.63, 3.8) is 0 Å². The molecule has 5 heteroatoms. The second-order valence-electron chi connectivity index (χ2n) is 4.80.